The Morgan fingerprint density at radius 2 is 1.69 bits per heavy atom. The van der Waals surface area contributed by atoms with Gasteiger partial charge >= 0.3 is 6.18 Å². The predicted molar refractivity (Wildman–Crippen MR) is 87.9 cm³/mol. The van der Waals surface area contributed by atoms with Gasteiger partial charge in [-0.1, -0.05) is 18.2 Å². The van der Waals surface area contributed by atoms with Gasteiger partial charge in [-0.2, -0.15) is 18.4 Å². The normalized spacial score (nSPS) is 10.7. The van der Waals surface area contributed by atoms with Crippen molar-refractivity contribution in [1.29, 1.82) is 5.26 Å². The van der Waals surface area contributed by atoms with Gasteiger partial charge in [-0.15, -0.1) is 0 Å². The monoisotopic (exact) mass is 361 g/mol. The molecule has 0 saturated heterocycles. The fourth-order valence-corrected chi connectivity index (χ4v) is 2.15. The Hall–Kier alpha value is -3.34. The summed E-state index contributed by atoms with van der Waals surface area (Å²) in [6, 6.07) is 12.3. The van der Waals surface area contributed by atoms with Gasteiger partial charge in [0.05, 0.1) is 11.6 Å². The largest absolute Gasteiger partial charge is 0.416 e. The van der Waals surface area contributed by atoms with Crippen molar-refractivity contribution in [2.45, 2.75) is 19.1 Å². The molecule has 0 aliphatic rings. The van der Waals surface area contributed by atoms with Crippen LogP contribution in [0, 0.1) is 11.3 Å². The molecular formula is C18H14F3N3O2. The first-order valence-corrected chi connectivity index (χ1v) is 7.51. The van der Waals surface area contributed by atoms with Crippen molar-refractivity contribution in [3.8, 4) is 6.07 Å². The van der Waals surface area contributed by atoms with Crippen LogP contribution in [0.2, 0.25) is 0 Å². The van der Waals surface area contributed by atoms with E-state index in [1.807, 2.05) is 0 Å². The van der Waals surface area contributed by atoms with E-state index in [9.17, 15) is 22.8 Å². The third-order valence-corrected chi connectivity index (χ3v) is 3.44. The molecule has 2 amide bonds. The van der Waals surface area contributed by atoms with Crippen molar-refractivity contribution in [2.24, 2.45) is 0 Å². The first kappa shape index (κ1) is 19.0. The molecule has 0 unspecified atom stereocenters. The van der Waals surface area contributed by atoms with Gasteiger partial charge in [0.15, 0.2) is 0 Å². The van der Waals surface area contributed by atoms with Gasteiger partial charge in [-0.25, -0.2) is 0 Å². The summed E-state index contributed by atoms with van der Waals surface area (Å²) in [5.41, 5.74) is 0.295. The Morgan fingerprint density at radius 3 is 2.31 bits per heavy atom. The molecule has 0 atom stereocenters. The molecule has 26 heavy (non-hydrogen) atoms. The number of carbonyl (C=O) groups excluding carboxylic acids is 2. The molecule has 0 aliphatic heterocycles. The van der Waals surface area contributed by atoms with Gasteiger partial charge in [0.25, 0.3) is 5.91 Å². The van der Waals surface area contributed by atoms with Crippen LogP contribution >= 0.6 is 0 Å². The summed E-state index contributed by atoms with van der Waals surface area (Å²) in [6.07, 6.45) is -4.76. The van der Waals surface area contributed by atoms with Gasteiger partial charge in [-0.05, 0) is 35.9 Å². The second-order valence-corrected chi connectivity index (χ2v) is 5.30. The lowest BCUT2D eigenvalue weighted by molar-refractivity contribution is -0.137. The van der Waals surface area contributed by atoms with E-state index in [1.54, 1.807) is 30.3 Å². The van der Waals surface area contributed by atoms with Crippen LogP contribution in [-0.2, 0) is 17.5 Å². The molecule has 2 aromatic carbocycles. The molecule has 2 N–H and O–H groups in total. The highest BCUT2D eigenvalue weighted by Gasteiger charge is 2.30. The van der Waals surface area contributed by atoms with Crippen LogP contribution in [0.25, 0.3) is 0 Å². The van der Waals surface area contributed by atoms with Crippen molar-refractivity contribution >= 4 is 17.5 Å². The summed E-state index contributed by atoms with van der Waals surface area (Å²) in [6.45, 7) is 0.0584. The molecule has 0 radical (unpaired) electrons. The maximum absolute atomic E-state index is 12.5. The number of hydrogen-bond donors (Lipinski definition) is 2. The van der Waals surface area contributed by atoms with Crippen LogP contribution in [-0.4, -0.2) is 11.8 Å². The van der Waals surface area contributed by atoms with Crippen LogP contribution < -0.4 is 10.6 Å². The second kappa shape index (κ2) is 8.16. The fraction of sp³-hybridized carbons (Fsp3) is 0.167. The van der Waals surface area contributed by atoms with Crippen molar-refractivity contribution in [3.05, 3.63) is 65.2 Å². The van der Waals surface area contributed by atoms with E-state index in [-0.39, 0.29) is 18.5 Å². The van der Waals surface area contributed by atoms with Gasteiger partial charge in [-0.3, -0.25) is 9.59 Å². The summed E-state index contributed by atoms with van der Waals surface area (Å²) < 4.78 is 37.6. The Kier molecular flexibility index (Phi) is 5.96. The first-order valence-electron chi connectivity index (χ1n) is 7.51. The third kappa shape index (κ3) is 5.08. The number of nitriles is 1. The van der Waals surface area contributed by atoms with Gasteiger partial charge in [0.1, 0.15) is 6.42 Å². The summed E-state index contributed by atoms with van der Waals surface area (Å²) in [7, 11) is 0. The number of nitrogens with one attached hydrogen (secondary N) is 2. The molecule has 5 nitrogen and oxygen atoms in total. The number of anilines is 1. The molecule has 0 aromatic heterocycles. The number of alkyl halides is 3. The summed E-state index contributed by atoms with van der Waals surface area (Å²) in [5.74, 6) is -1.02. The molecular weight excluding hydrogens is 347 g/mol. The van der Waals surface area contributed by atoms with E-state index < -0.39 is 23.6 Å². The Labute approximate surface area is 147 Å². The number of hydrogen-bond acceptors (Lipinski definition) is 3. The Balaban J connectivity index is 2.04. The number of rotatable bonds is 5. The van der Waals surface area contributed by atoms with Crippen LogP contribution in [0.1, 0.15) is 27.9 Å². The number of amides is 2. The maximum atomic E-state index is 12.5. The Bertz CT molecular complexity index is 840. The highest BCUT2D eigenvalue weighted by molar-refractivity contribution is 5.95. The summed E-state index contributed by atoms with van der Waals surface area (Å²) >= 11 is 0. The molecule has 8 heteroatoms. The lowest BCUT2D eigenvalue weighted by Crippen LogP contribution is -2.24. The fourth-order valence-electron chi connectivity index (χ4n) is 2.15. The number of halogens is 3. The van der Waals surface area contributed by atoms with Gasteiger partial charge in [0, 0.05) is 17.8 Å². The van der Waals surface area contributed by atoms with Crippen LogP contribution in [0.5, 0.6) is 0 Å². The smallest absolute Gasteiger partial charge is 0.348 e. The van der Waals surface area contributed by atoms with Crippen molar-refractivity contribution in [3.63, 3.8) is 0 Å². The van der Waals surface area contributed by atoms with Crippen molar-refractivity contribution in [1.82, 2.24) is 5.32 Å². The molecule has 0 spiro atoms. The first-order chi connectivity index (χ1) is 12.3. The zero-order valence-electron chi connectivity index (χ0n) is 13.4. The summed E-state index contributed by atoms with van der Waals surface area (Å²) in [4.78, 5) is 23.6. The van der Waals surface area contributed by atoms with E-state index in [0.717, 1.165) is 24.3 Å². The van der Waals surface area contributed by atoms with Crippen LogP contribution in [0.15, 0.2) is 48.5 Å². The third-order valence-electron chi connectivity index (χ3n) is 3.44. The number of nitrogens with zero attached hydrogens (tertiary/aromatic N) is 1. The number of benzene rings is 2. The zero-order valence-corrected chi connectivity index (χ0v) is 13.4. The quantitative estimate of drug-likeness (QED) is 0.855. The lowest BCUT2D eigenvalue weighted by atomic mass is 10.1. The molecule has 134 valence electrons. The molecule has 0 fully saturated rings. The van der Waals surface area contributed by atoms with Gasteiger partial charge in [0.2, 0.25) is 5.91 Å². The highest BCUT2D eigenvalue weighted by atomic mass is 19.4. The molecule has 0 heterocycles. The minimum absolute atomic E-state index is 0.0584. The summed E-state index contributed by atoms with van der Waals surface area (Å²) in [5, 5.41) is 13.7. The molecule has 0 bridgehead atoms. The molecule has 2 aromatic rings. The van der Waals surface area contributed by atoms with Crippen molar-refractivity contribution in [2.75, 3.05) is 5.32 Å². The predicted octanol–water partition coefficient (Wildman–Crippen LogP) is 3.49. The molecule has 0 aliphatic carbocycles. The van der Waals surface area contributed by atoms with E-state index in [2.05, 4.69) is 10.6 Å². The topological polar surface area (TPSA) is 82.0 Å². The van der Waals surface area contributed by atoms with Gasteiger partial charge < -0.3 is 10.6 Å². The average Bonchev–Trinajstić information content (AvgIpc) is 2.60. The number of para-hydroxylation sites is 1. The van der Waals surface area contributed by atoms with E-state index in [0.29, 0.717) is 11.3 Å². The number of carbonyl (C=O) groups is 2. The second-order valence-electron chi connectivity index (χ2n) is 5.30. The standard InChI is InChI=1S/C18H14F3N3O2/c19-18(20,21)14-7-5-12(6-8-14)17(26)23-11-13-3-1-2-4-15(13)24-16(25)9-10-22/h1-8H,9,11H2,(H,23,26)(H,24,25). The van der Waals surface area contributed by atoms with Crippen LogP contribution in [0.4, 0.5) is 18.9 Å². The van der Waals surface area contributed by atoms with E-state index >= 15 is 0 Å². The SMILES string of the molecule is N#CCC(=O)Nc1ccccc1CNC(=O)c1ccc(C(F)(F)F)cc1. The highest BCUT2D eigenvalue weighted by Crippen LogP contribution is 2.29. The van der Waals surface area contributed by atoms with E-state index in [4.69, 9.17) is 5.26 Å². The van der Waals surface area contributed by atoms with E-state index in [1.165, 1.54) is 0 Å². The lowest BCUT2D eigenvalue weighted by Gasteiger charge is -2.12. The molecule has 0 saturated carbocycles. The Morgan fingerprint density at radius 1 is 1.04 bits per heavy atom. The average molecular weight is 361 g/mol. The minimum Gasteiger partial charge on any atom is -0.348 e. The molecule has 2 rings (SSSR count). The minimum atomic E-state index is -4.46. The maximum Gasteiger partial charge on any atom is 0.416 e. The zero-order chi connectivity index (χ0) is 19.2. The van der Waals surface area contributed by atoms with Crippen molar-refractivity contribution < 1.29 is 22.8 Å². The van der Waals surface area contributed by atoms with Crippen LogP contribution in [0.3, 0.4) is 0 Å².